The Balaban J connectivity index is 2.15. The molecular formula is C12H14ClNO3. The summed E-state index contributed by atoms with van der Waals surface area (Å²) in [4.78, 5) is 11.4. The van der Waals surface area contributed by atoms with E-state index in [2.05, 4.69) is 5.32 Å². The van der Waals surface area contributed by atoms with E-state index in [9.17, 15) is 4.79 Å². The smallest absolute Gasteiger partial charge is 0.242 e. The van der Waals surface area contributed by atoms with Crippen LogP contribution in [0, 0.1) is 0 Å². The molecule has 1 aromatic rings. The van der Waals surface area contributed by atoms with Crippen LogP contribution < -0.4 is 14.8 Å². The van der Waals surface area contributed by atoms with E-state index < -0.39 is 5.38 Å². The van der Waals surface area contributed by atoms with Crippen LogP contribution in [0.3, 0.4) is 0 Å². The first kappa shape index (κ1) is 12.0. The van der Waals surface area contributed by atoms with Gasteiger partial charge in [0.1, 0.15) is 5.38 Å². The number of alkyl halides is 1. The fraction of sp³-hybridized carbons (Fsp3) is 0.417. The van der Waals surface area contributed by atoms with Crippen LogP contribution in [0.15, 0.2) is 18.2 Å². The molecule has 0 aromatic heterocycles. The highest BCUT2D eigenvalue weighted by molar-refractivity contribution is 6.32. The number of ether oxygens (including phenoxy) is 2. The number of carbonyl (C=O) groups excluding carboxylic acids is 1. The van der Waals surface area contributed by atoms with Gasteiger partial charge in [-0.25, -0.2) is 0 Å². The number of nitrogens with one attached hydrogen (secondary N) is 1. The molecular weight excluding hydrogens is 242 g/mol. The normalized spacial score (nSPS) is 15.9. The summed E-state index contributed by atoms with van der Waals surface area (Å²) in [6.07, 6.45) is 0.856. The summed E-state index contributed by atoms with van der Waals surface area (Å²) in [6, 6.07) is 5.30. The van der Waals surface area contributed by atoms with Crippen molar-refractivity contribution in [3.8, 4) is 11.5 Å². The minimum absolute atomic E-state index is 0.235. The summed E-state index contributed by atoms with van der Waals surface area (Å²) in [7, 11) is 0. The Hall–Kier alpha value is -1.42. The number of hydrogen-bond donors (Lipinski definition) is 1. The molecule has 2 rings (SSSR count). The predicted molar refractivity (Wildman–Crippen MR) is 66.0 cm³/mol. The summed E-state index contributed by atoms with van der Waals surface area (Å²) >= 11 is 5.68. The molecule has 92 valence electrons. The Morgan fingerprint density at radius 2 is 2.06 bits per heavy atom. The highest BCUT2D eigenvalue weighted by Crippen LogP contribution is 2.32. The molecule has 5 heteroatoms. The SMILES string of the molecule is C[C@H](Cl)C(=O)Nc1ccc2c(c1)OCCCO2. The molecule has 0 bridgehead atoms. The van der Waals surface area contributed by atoms with E-state index >= 15 is 0 Å². The lowest BCUT2D eigenvalue weighted by molar-refractivity contribution is -0.115. The number of benzene rings is 1. The van der Waals surface area contributed by atoms with E-state index in [1.807, 2.05) is 0 Å². The number of hydrogen-bond acceptors (Lipinski definition) is 3. The van der Waals surface area contributed by atoms with Gasteiger partial charge in [-0.05, 0) is 19.1 Å². The van der Waals surface area contributed by atoms with Crippen LogP contribution in [0.25, 0.3) is 0 Å². The maximum Gasteiger partial charge on any atom is 0.242 e. The highest BCUT2D eigenvalue weighted by Gasteiger charge is 2.13. The van der Waals surface area contributed by atoms with Gasteiger partial charge in [0.25, 0.3) is 0 Å². The van der Waals surface area contributed by atoms with Crippen LogP contribution in [0.5, 0.6) is 11.5 Å². The molecule has 1 aliphatic heterocycles. The molecule has 1 atom stereocenters. The lowest BCUT2D eigenvalue weighted by atomic mass is 10.2. The number of amides is 1. The largest absolute Gasteiger partial charge is 0.490 e. The number of anilines is 1. The van der Waals surface area contributed by atoms with Gasteiger partial charge in [0, 0.05) is 18.2 Å². The van der Waals surface area contributed by atoms with Crippen molar-refractivity contribution in [1.82, 2.24) is 0 Å². The number of rotatable bonds is 2. The third-order valence-corrected chi connectivity index (χ3v) is 2.57. The van der Waals surface area contributed by atoms with Gasteiger partial charge in [-0.1, -0.05) is 0 Å². The lowest BCUT2D eigenvalue weighted by Gasteiger charge is -2.10. The highest BCUT2D eigenvalue weighted by atomic mass is 35.5. The Morgan fingerprint density at radius 1 is 1.35 bits per heavy atom. The van der Waals surface area contributed by atoms with Crippen molar-refractivity contribution in [3.63, 3.8) is 0 Å². The number of carbonyl (C=O) groups is 1. The summed E-state index contributed by atoms with van der Waals surface area (Å²) in [5.41, 5.74) is 0.659. The second-order valence-corrected chi connectivity index (χ2v) is 4.47. The predicted octanol–water partition coefficient (Wildman–Crippen LogP) is 2.41. The monoisotopic (exact) mass is 255 g/mol. The molecule has 1 amide bonds. The second-order valence-electron chi connectivity index (χ2n) is 3.82. The first-order valence-electron chi connectivity index (χ1n) is 5.51. The van der Waals surface area contributed by atoms with Crippen LogP contribution in [-0.4, -0.2) is 24.5 Å². The van der Waals surface area contributed by atoms with Crippen molar-refractivity contribution >= 4 is 23.2 Å². The second kappa shape index (κ2) is 5.27. The fourth-order valence-electron chi connectivity index (χ4n) is 1.48. The molecule has 17 heavy (non-hydrogen) atoms. The van der Waals surface area contributed by atoms with Crippen LogP contribution >= 0.6 is 11.6 Å². The van der Waals surface area contributed by atoms with E-state index in [1.54, 1.807) is 25.1 Å². The maximum absolute atomic E-state index is 11.4. The van der Waals surface area contributed by atoms with Crippen molar-refractivity contribution in [1.29, 1.82) is 0 Å². The molecule has 0 radical (unpaired) electrons. The van der Waals surface area contributed by atoms with E-state index in [4.69, 9.17) is 21.1 Å². The molecule has 0 aliphatic carbocycles. The quantitative estimate of drug-likeness (QED) is 0.826. The summed E-state index contributed by atoms with van der Waals surface area (Å²) < 4.78 is 11.0. The topological polar surface area (TPSA) is 47.6 Å². The number of halogens is 1. The molecule has 1 aliphatic rings. The molecule has 0 unspecified atom stereocenters. The van der Waals surface area contributed by atoms with Crippen molar-refractivity contribution in [3.05, 3.63) is 18.2 Å². The molecule has 0 saturated carbocycles. The molecule has 0 saturated heterocycles. The Bertz CT molecular complexity index is 420. The van der Waals surface area contributed by atoms with Gasteiger partial charge in [0.15, 0.2) is 11.5 Å². The first-order valence-corrected chi connectivity index (χ1v) is 5.95. The average Bonchev–Trinajstić information content (AvgIpc) is 2.53. The van der Waals surface area contributed by atoms with Gasteiger partial charge in [-0.2, -0.15) is 0 Å². The van der Waals surface area contributed by atoms with E-state index in [0.717, 1.165) is 6.42 Å². The maximum atomic E-state index is 11.4. The van der Waals surface area contributed by atoms with Crippen LogP contribution in [0.1, 0.15) is 13.3 Å². The zero-order valence-corrected chi connectivity index (χ0v) is 10.3. The molecule has 1 aromatic carbocycles. The Labute approximate surface area is 105 Å². The van der Waals surface area contributed by atoms with E-state index in [0.29, 0.717) is 30.4 Å². The van der Waals surface area contributed by atoms with Crippen LogP contribution in [0.2, 0.25) is 0 Å². The van der Waals surface area contributed by atoms with Gasteiger partial charge >= 0.3 is 0 Å². The van der Waals surface area contributed by atoms with Gasteiger partial charge in [-0.15, -0.1) is 11.6 Å². The third kappa shape index (κ3) is 3.03. The van der Waals surface area contributed by atoms with Crippen LogP contribution in [0.4, 0.5) is 5.69 Å². The third-order valence-electron chi connectivity index (χ3n) is 2.38. The van der Waals surface area contributed by atoms with Gasteiger partial charge < -0.3 is 14.8 Å². The summed E-state index contributed by atoms with van der Waals surface area (Å²) in [5, 5.41) is 2.14. The molecule has 4 nitrogen and oxygen atoms in total. The first-order chi connectivity index (χ1) is 8.16. The standard InChI is InChI=1S/C12H14ClNO3/c1-8(13)12(15)14-9-3-4-10-11(7-9)17-6-2-5-16-10/h3-4,7-8H,2,5-6H2,1H3,(H,14,15)/t8-/m0/s1. The molecule has 1 N–H and O–H groups in total. The minimum atomic E-state index is -0.564. The van der Waals surface area contributed by atoms with Gasteiger partial charge in [-0.3, -0.25) is 4.79 Å². The molecule has 0 fully saturated rings. The van der Waals surface area contributed by atoms with E-state index in [-0.39, 0.29) is 5.91 Å². The van der Waals surface area contributed by atoms with Gasteiger partial charge in [0.2, 0.25) is 5.91 Å². The fourth-order valence-corrected chi connectivity index (χ4v) is 1.54. The average molecular weight is 256 g/mol. The Kier molecular flexibility index (Phi) is 3.74. The van der Waals surface area contributed by atoms with Crippen molar-refractivity contribution in [2.45, 2.75) is 18.7 Å². The zero-order chi connectivity index (χ0) is 12.3. The lowest BCUT2D eigenvalue weighted by Crippen LogP contribution is -2.20. The minimum Gasteiger partial charge on any atom is -0.490 e. The molecule has 1 heterocycles. The zero-order valence-electron chi connectivity index (χ0n) is 9.53. The van der Waals surface area contributed by atoms with Crippen molar-refractivity contribution in [2.75, 3.05) is 18.5 Å². The van der Waals surface area contributed by atoms with Crippen molar-refractivity contribution in [2.24, 2.45) is 0 Å². The number of fused-ring (bicyclic) bond motifs is 1. The van der Waals surface area contributed by atoms with Gasteiger partial charge in [0.05, 0.1) is 13.2 Å². The van der Waals surface area contributed by atoms with Crippen LogP contribution in [-0.2, 0) is 4.79 Å². The van der Waals surface area contributed by atoms with Crippen molar-refractivity contribution < 1.29 is 14.3 Å². The molecule has 0 spiro atoms. The summed E-state index contributed by atoms with van der Waals surface area (Å²) in [6.45, 7) is 2.90. The van der Waals surface area contributed by atoms with E-state index in [1.165, 1.54) is 0 Å². The summed E-state index contributed by atoms with van der Waals surface area (Å²) in [5.74, 6) is 1.13. The Morgan fingerprint density at radius 3 is 2.76 bits per heavy atom.